The molecule has 0 spiro atoms. The maximum absolute atomic E-state index is 9.48. The van der Waals surface area contributed by atoms with Gasteiger partial charge in [0, 0.05) is 43.6 Å². The van der Waals surface area contributed by atoms with Crippen LogP contribution in [-0.2, 0) is 0 Å². The predicted octanol–water partition coefficient (Wildman–Crippen LogP) is 3.18. The number of anilines is 1. The van der Waals surface area contributed by atoms with Gasteiger partial charge >= 0.3 is 0 Å². The van der Waals surface area contributed by atoms with Crippen molar-refractivity contribution in [2.75, 3.05) is 24.5 Å². The van der Waals surface area contributed by atoms with E-state index in [1.807, 2.05) is 48.7 Å². The smallest absolute Gasteiger partial charge is 0.213 e. The lowest BCUT2D eigenvalue weighted by molar-refractivity contribution is 0.219. The fourth-order valence-corrected chi connectivity index (χ4v) is 4.34. The Hall–Kier alpha value is -4.19. The van der Waals surface area contributed by atoms with Crippen LogP contribution in [0.15, 0.2) is 66.0 Å². The minimum absolute atomic E-state index is 0.145. The molecule has 3 aromatic heterocycles. The highest BCUT2D eigenvalue weighted by Crippen LogP contribution is 2.27. The van der Waals surface area contributed by atoms with Gasteiger partial charge in [-0.1, -0.05) is 19.9 Å². The summed E-state index contributed by atoms with van der Waals surface area (Å²) < 4.78 is 1.80. The van der Waals surface area contributed by atoms with Gasteiger partial charge in [0.15, 0.2) is 11.8 Å². The van der Waals surface area contributed by atoms with E-state index in [0.717, 1.165) is 41.1 Å². The van der Waals surface area contributed by atoms with Gasteiger partial charge in [0.1, 0.15) is 5.82 Å². The Morgan fingerprint density at radius 1 is 1.12 bits per heavy atom. The van der Waals surface area contributed by atoms with Crippen molar-refractivity contribution in [1.29, 1.82) is 5.26 Å². The number of aromatic nitrogens is 4. The summed E-state index contributed by atoms with van der Waals surface area (Å²) in [6, 6.07) is 13.9. The lowest BCUT2D eigenvalue weighted by Gasteiger charge is -2.44. The molecular formula is C24H25N9. The van der Waals surface area contributed by atoms with Crippen LogP contribution in [-0.4, -0.2) is 56.1 Å². The van der Waals surface area contributed by atoms with Crippen LogP contribution in [0.1, 0.15) is 13.8 Å². The van der Waals surface area contributed by atoms with Gasteiger partial charge < -0.3 is 9.80 Å². The Balaban J connectivity index is 1.47. The zero-order chi connectivity index (χ0) is 22.8. The molecule has 9 nitrogen and oxygen atoms in total. The van der Waals surface area contributed by atoms with Crippen LogP contribution in [0.25, 0.3) is 16.6 Å². The van der Waals surface area contributed by atoms with Crippen molar-refractivity contribution in [1.82, 2.24) is 29.8 Å². The minimum Gasteiger partial charge on any atom is -0.351 e. The van der Waals surface area contributed by atoms with Crippen molar-refractivity contribution in [3.63, 3.8) is 0 Å². The molecule has 5 rings (SSSR count). The number of hydrogen-bond donors (Lipinski definition) is 1. The van der Waals surface area contributed by atoms with E-state index in [1.165, 1.54) is 0 Å². The zero-order valence-corrected chi connectivity index (χ0v) is 18.6. The Morgan fingerprint density at radius 2 is 2.03 bits per heavy atom. The summed E-state index contributed by atoms with van der Waals surface area (Å²) in [7, 11) is 0. The second-order valence-electron chi connectivity index (χ2n) is 8.39. The van der Waals surface area contributed by atoms with Crippen molar-refractivity contribution in [2.24, 2.45) is 10.9 Å². The van der Waals surface area contributed by atoms with Gasteiger partial charge in [-0.3, -0.25) is 10.3 Å². The van der Waals surface area contributed by atoms with Gasteiger partial charge in [-0.05, 0) is 42.3 Å². The molecule has 4 aromatic rings. The second-order valence-corrected chi connectivity index (χ2v) is 8.39. The topological polar surface area (TPSA) is 97.7 Å². The number of guanidine groups is 1. The van der Waals surface area contributed by atoms with E-state index in [-0.39, 0.29) is 6.04 Å². The number of imidazole rings is 1. The van der Waals surface area contributed by atoms with Gasteiger partial charge in [0.05, 0.1) is 17.2 Å². The molecule has 9 heteroatoms. The van der Waals surface area contributed by atoms with Crippen LogP contribution >= 0.6 is 0 Å². The lowest BCUT2D eigenvalue weighted by atomic mass is 9.99. The Bertz CT molecular complexity index is 1350. The van der Waals surface area contributed by atoms with Crippen LogP contribution in [0.4, 0.5) is 11.5 Å². The van der Waals surface area contributed by atoms with Crippen molar-refractivity contribution in [3.05, 3.63) is 61.1 Å². The maximum atomic E-state index is 9.48. The number of nitriles is 1. The SMILES string of the molecule is CC(C)[C@H]1CN(c2ccc3nccn3n2)CCN1C(=Nc1cccc2ncccc12)NC#N. The van der Waals surface area contributed by atoms with Crippen LogP contribution < -0.4 is 10.2 Å². The molecule has 1 saturated heterocycles. The summed E-state index contributed by atoms with van der Waals surface area (Å²) >= 11 is 0. The highest BCUT2D eigenvalue weighted by Gasteiger charge is 2.32. The fourth-order valence-electron chi connectivity index (χ4n) is 4.34. The van der Waals surface area contributed by atoms with Crippen molar-refractivity contribution in [2.45, 2.75) is 19.9 Å². The van der Waals surface area contributed by atoms with E-state index < -0.39 is 0 Å². The van der Waals surface area contributed by atoms with Crippen LogP contribution in [0.2, 0.25) is 0 Å². The van der Waals surface area contributed by atoms with Gasteiger partial charge in [-0.2, -0.15) is 5.26 Å². The number of nitrogens with zero attached hydrogens (tertiary/aromatic N) is 8. The molecule has 4 heterocycles. The molecule has 1 aliphatic rings. The molecule has 1 atom stereocenters. The third kappa shape index (κ3) is 4.03. The number of benzene rings is 1. The molecule has 0 saturated carbocycles. The van der Waals surface area contributed by atoms with E-state index in [0.29, 0.717) is 18.4 Å². The number of nitrogens with one attached hydrogen (secondary N) is 1. The summed E-state index contributed by atoms with van der Waals surface area (Å²) in [4.78, 5) is 18.1. The summed E-state index contributed by atoms with van der Waals surface area (Å²) in [5, 5.41) is 18.0. The van der Waals surface area contributed by atoms with Gasteiger partial charge in [0.2, 0.25) is 5.96 Å². The number of aliphatic imine (C=N–C) groups is 1. The largest absolute Gasteiger partial charge is 0.351 e. The Morgan fingerprint density at radius 3 is 2.88 bits per heavy atom. The fraction of sp³-hybridized carbons (Fsp3) is 0.292. The van der Waals surface area contributed by atoms with Crippen molar-refractivity contribution in [3.8, 4) is 6.19 Å². The molecule has 0 aliphatic carbocycles. The molecule has 1 fully saturated rings. The summed E-state index contributed by atoms with van der Waals surface area (Å²) in [6.45, 7) is 6.63. The number of piperazine rings is 1. The van der Waals surface area contributed by atoms with Crippen LogP contribution in [0, 0.1) is 17.4 Å². The van der Waals surface area contributed by atoms with Gasteiger partial charge in [-0.15, -0.1) is 5.10 Å². The predicted molar refractivity (Wildman–Crippen MR) is 128 cm³/mol. The van der Waals surface area contributed by atoms with E-state index in [2.05, 4.69) is 45.1 Å². The monoisotopic (exact) mass is 439 g/mol. The highest BCUT2D eigenvalue weighted by molar-refractivity contribution is 5.94. The maximum Gasteiger partial charge on any atom is 0.213 e. The first-order valence-corrected chi connectivity index (χ1v) is 11.0. The summed E-state index contributed by atoms with van der Waals surface area (Å²) in [5.74, 6) is 1.81. The van der Waals surface area contributed by atoms with E-state index in [4.69, 9.17) is 10.1 Å². The first kappa shape index (κ1) is 20.7. The average Bonchev–Trinajstić information content (AvgIpc) is 3.31. The number of hydrogen-bond acceptors (Lipinski definition) is 6. The third-order valence-electron chi connectivity index (χ3n) is 6.04. The molecule has 1 N–H and O–H groups in total. The zero-order valence-electron chi connectivity index (χ0n) is 18.6. The molecule has 33 heavy (non-hydrogen) atoms. The van der Waals surface area contributed by atoms with Gasteiger partial charge in [0.25, 0.3) is 0 Å². The molecule has 166 valence electrons. The average molecular weight is 440 g/mol. The number of pyridine rings is 1. The molecule has 1 aromatic carbocycles. The standard InChI is InChI=1S/C24H25N9/c1-17(2)21-15-31(23-9-8-22-27-11-12-33(22)30-23)13-14-32(21)24(28-16-25)29-20-7-3-6-19-18(20)5-4-10-26-19/h3-12,17,21H,13-15H2,1-2H3,(H,28,29)/t21-/m1/s1. The molecule has 0 unspecified atom stereocenters. The summed E-state index contributed by atoms with van der Waals surface area (Å²) in [6.07, 6.45) is 7.46. The van der Waals surface area contributed by atoms with Crippen LogP contribution in [0.5, 0.6) is 0 Å². The molecule has 0 radical (unpaired) electrons. The Kier molecular flexibility index (Phi) is 5.48. The van der Waals surface area contributed by atoms with Gasteiger partial charge in [-0.25, -0.2) is 14.5 Å². The molecule has 1 aliphatic heterocycles. The Labute approximate surface area is 192 Å². The van der Waals surface area contributed by atoms with E-state index in [9.17, 15) is 5.26 Å². The first-order chi connectivity index (χ1) is 16.1. The number of fused-ring (bicyclic) bond motifs is 2. The lowest BCUT2D eigenvalue weighted by Crippen LogP contribution is -2.59. The first-order valence-electron chi connectivity index (χ1n) is 11.0. The molecular weight excluding hydrogens is 414 g/mol. The second kappa shape index (κ2) is 8.74. The normalized spacial score (nSPS) is 17.0. The van der Waals surface area contributed by atoms with E-state index >= 15 is 0 Å². The summed E-state index contributed by atoms with van der Waals surface area (Å²) in [5.41, 5.74) is 2.49. The third-order valence-corrected chi connectivity index (χ3v) is 6.04. The quantitative estimate of drug-likeness (QED) is 0.227. The van der Waals surface area contributed by atoms with E-state index in [1.54, 1.807) is 16.9 Å². The molecule has 0 bridgehead atoms. The highest BCUT2D eigenvalue weighted by atomic mass is 15.4. The van der Waals surface area contributed by atoms with Crippen molar-refractivity contribution < 1.29 is 0 Å². The number of rotatable bonds is 3. The van der Waals surface area contributed by atoms with Crippen molar-refractivity contribution >= 4 is 34.0 Å². The van der Waals surface area contributed by atoms with Crippen LogP contribution in [0.3, 0.4) is 0 Å². The molecule has 0 amide bonds. The minimum atomic E-state index is 0.145.